The van der Waals surface area contributed by atoms with Crippen LogP contribution in [0.25, 0.3) is 27.8 Å². The maximum absolute atomic E-state index is 6.71. The molecule has 5 rings (SSSR count). The van der Waals surface area contributed by atoms with E-state index in [9.17, 15) is 0 Å². The molecule has 0 spiro atoms. The van der Waals surface area contributed by atoms with Gasteiger partial charge in [0.15, 0.2) is 0 Å². The van der Waals surface area contributed by atoms with Crippen molar-refractivity contribution in [1.29, 1.82) is 0 Å². The second-order valence-corrected chi connectivity index (χ2v) is 10.00. The Morgan fingerprint density at radius 2 is 1.76 bits per heavy atom. The second-order valence-electron chi connectivity index (χ2n) is 9.15. The van der Waals surface area contributed by atoms with E-state index < -0.39 is 0 Å². The standard InChI is InChI=1S/C26H23Cl2N5/c1-26(2,3)17-8-10-20(22(28)13-17)16-6-5-7-19(12-16)32(4)24-21-11-9-18(27)14-23(21)33-15-29-31-25(33)30-24/h5-15H,1-4H3. The highest BCUT2D eigenvalue weighted by atomic mass is 35.5. The van der Waals surface area contributed by atoms with Gasteiger partial charge in [-0.3, -0.25) is 4.40 Å². The van der Waals surface area contributed by atoms with Gasteiger partial charge in [-0.05, 0) is 52.9 Å². The molecule has 0 fully saturated rings. The molecule has 0 amide bonds. The number of halogens is 2. The predicted molar refractivity (Wildman–Crippen MR) is 137 cm³/mol. The van der Waals surface area contributed by atoms with E-state index in [2.05, 4.69) is 67.4 Å². The molecule has 0 bridgehead atoms. The molecule has 0 aliphatic heterocycles. The van der Waals surface area contributed by atoms with Crippen molar-refractivity contribution in [2.24, 2.45) is 0 Å². The number of hydrogen-bond donors (Lipinski definition) is 0. The SMILES string of the molecule is CN(c1cccc(-c2ccc(C(C)(C)C)cc2Cl)c1)c1nc2nncn2c2cc(Cl)ccc12. The molecule has 0 aliphatic rings. The van der Waals surface area contributed by atoms with E-state index >= 15 is 0 Å². The molecule has 0 unspecified atom stereocenters. The van der Waals surface area contributed by atoms with Crippen molar-refractivity contribution in [2.45, 2.75) is 26.2 Å². The van der Waals surface area contributed by atoms with Gasteiger partial charge >= 0.3 is 0 Å². The lowest BCUT2D eigenvalue weighted by Crippen LogP contribution is -2.13. The van der Waals surface area contributed by atoms with Crippen LogP contribution in [0.15, 0.2) is 67.0 Å². The topological polar surface area (TPSA) is 46.3 Å². The van der Waals surface area contributed by atoms with E-state index in [-0.39, 0.29) is 5.41 Å². The third-order valence-corrected chi connectivity index (χ3v) is 6.44. The summed E-state index contributed by atoms with van der Waals surface area (Å²) in [7, 11) is 1.99. The molecule has 5 nitrogen and oxygen atoms in total. The van der Waals surface area contributed by atoms with Crippen LogP contribution in [0.2, 0.25) is 10.0 Å². The van der Waals surface area contributed by atoms with Crippen molar-refractivity contribution < 1.29 is 0 Å². The van der Waals surface area contributed by atoms with Gasteiger partial charge in [0.2, 0.25) is 0 Å². The van der Waals surface area contributed by atoms with Crippen molar-refractivity contribution in [3.05, 3.63) is 82.6 Å². The van der Waals surface area contributed by atoms with Gasteiger partial charge < -0.3 is 4.90 Å². The summed E-state index contributed by atoms with van der Waals surface area (Å²) in [4.78, 5) is 6.82. The van der Waals surface area contributed by atoms with E-state index in [1.54, 1.807) is 6.33 Å². The number of rotatable bonds is 3. The van der Waals surface area contributed by atoms with Crippen LogP contribution in [-0.2, 0) is 5.41 Å². The second kappa shape index (κ2) is 8.01. The van der Waals surface area contributed by atoms with E-state index in [0.29, 0.717) is 10.8 Å². The van der Waals surface area contributed by atoms with Crippen LogP contribution in [0.4, 0.5) is 11.5 Å². The fourth-order valence-electron chi connectivity index (χ4n) is 4.00. The van der Waals surface area contributed by atoms with Crippen LogP contribution < -0.4 is 4.90 Å². The predicted octanol–water partition coefficient (Wildman–Crippen LogP) is 7.32. The molecule has 3 aromatic carbocycles. The van der Waals surface area contributed by atoms with Crippen LogP contribution in [0.1, 0.15) is 26.3 Å². The number of aromatic nitrogens is 4. The molecule has 2 heterocycles. The smallest absolute Gasteiger partial charge is 0.257 e. The van der Waals surface area contributed by atoms with Crippen LogP contribution in [-0.4, -0.2) is 26.6 Å². The molecule has 0 aliphatic carbocycles. The van der Waals surface area contributed by atoms with E-state index in [0.717, 1.165) is 38.6 Å². The Morgan fingerprint density at radius 1 is 0.939 bits per heavy atom. The lowest BCUT2D eigenvalue weighted by molar-refractivity contribution is 0.590. The zero-order chi connectivity index (χ0) is 23.3. The van der Waals surface area contributed by atoms with Gasteiger partial charge in [0.1, 0.15) is 12.1 Å². The van der Waals surface area contributed by atoms with Crippen molar-refractivity contribution in [3.63, 3.8) is 0 Å². The van der Waals surface area contributed by atoms with E-state index in [1.165, 1.54) is 5.56 Å². The van der Waals surface area contributed by atoms with Gasteiger partial charge in [-0.1, -0.05) is 68.2 Å². The maximum Gasteiger partial charge on any atom is 0.257 e. The van der Waals surface area contributed by atoms with Crippen molar-refractivity contribution >= 4 is 51.4 Å². The summed E-state index contributed by atoms with van der Waals surface area (Å²) in [6.07, 6.45) is 1.65. The quantitative estimate of drug-likeness (QED) is 0.274. The molecule has 0 atom stereocenters. The first kappa shape index (κ1) is 21.7. The average molecular weight is 476 g/mol. The molecule has 166 valence electrons. The summed E-state index contributed by atoms with van der Waals surface area (Å²) >= 11 is 13.0. The summed E-state index contributed by atoms with van der Waals surface area (Å²) in [5, 5.41) is 10.5. The number of anilines is 2. The van der Waals surface area contributed by atoms with Gasteiger partial charge in [0.05, 0.1) is 5.52 Å². The molecular formula is C26H23Cl2N5. The Hall–Kier alpha value is -3.15. The lowest BCUT2D eigenvalue weighted by Gasteiger charge is -2.22. The molecule has 0 saturated carbocycles. The normalized spacial score (nSPS) is 11.9. The van der Waals surface area contributed by atoms with Gasteiger partial charge in [-0.25, -0.2) is 0 Å². The van der Waals surface area contributed by atoms with Crippen LogP contribution >= 0.6 is 23.2 Å². The minimum absolute atomic E-state index is 0.0419. The highest BCUT2D eigenvalue weighted by molar-refractivity contribution is 6.33. The Kier molecular flexibility index (Phi) is 5.26. The molecule has 7 heteroatoms. The molecule has 0 saturated heterocycles. The maximum atomic E-state index is 6.71. The number of fused-ring (bicyclic) bond motifs is 3. The molecule has 0 radical (unpaired) electrons. The summed E-state index contributed by atoms with van der Waals surface area (Å²) in [5.41, 5.74) is 5.17. The largest absolute Gasteiger partial charge is 0.329 e. The van der Waals surface area contributed by atoms with Crippen molar-refractivity contribution in [2.75, 3.05) is 11.9 Å². The van der Waals surface area contributed by atoms with E-state index in [4.69, 9.17) is 28.2 Å². The van der Waals surface area contributed by atoms with Crippen molar-refractivity contribution in [1.82, 2.24) is 19.6 Å². The Bertz CT molecular complexity index is 1500. The first-order chi connectivity index (χ1) is 15.7. The molecule has 2 aromatic heterocycles. The fraction of sp³-hybridized carbons (Fsp3) is 0.192. The molecular weight excluding hydrogens is 453 g/mol. The van der Waals surface area contributed by atoms with Gasteiger partial charge in [0, 0.05) is 33.7 Å². The molecule has 33 heavy (non-hydrogen) atoms. The lowest BCUT2D eigenvalue weighted by atomic mass is 9.86. The zero-order valence-electron chi connectivity index (χ0n) is 18.8. The summed E-state index contributed by atoms with van der Waals surface area (Å²) in [5.74, 6) is 1.29. The van der Waals surface area contributed by atoms with Gasteiger partial charge in [0.25, 0.3) is 5.78 Å². The fourth-order valence-corrected chi connectivity index (χ4v) is 4.45. The molecule has 0 N–H and O–H groups in total. The minimum Gasteiger partial charge on any atom is -0.329 e. The van der Waals surface area contributed by atoms with E-state index in [1.807, 2.05) is 40.6 Å². The summed E-state index contributed by atoms with van der Waals surface area (Å²) in [6.45, 7) is 6.56. The highest BCUT2D eigenvalue weighted by Crippen LogP contribution is 2.36. The number of nitrogens with zero attached hydrogens (tertiary/aromatic N) is 5. The monoisotopic (exact) mass is 475 g/mol. The number of benzene rings is 3. The average Bonchev–Trinajstić information content (AvgIpc) is 3.26. The summed E-state index contributed by atoms with van der Waals surface area (Å²) < 4.78 is 1.84. The Morgan fingerprint density at radius 3 is 2.52 bits per heavy atom. The minimum atomic E-state index is 0.0419. The third-order valence-electron chi connectivity index (χ3n) is 5.89. The first-order valence-corrected chi connectivity index (χ1v) is 11.4. The van der Waals surface area contributed by atoms with Crippen LogP contribution in [0.5, 0.6) is 0 Å². The zero-order valence-corrected chi connectivity index (χ0v) is 20.4. The van der Waals surface area contributed by atoms with Crippen molar-refractivity contribution in [3.8, 4) is 11.1 Å². The van der Waals surface area contributed by atoms with Gasteiger partial charge in [-0.15, -0.1) is 10.2 Å². The van der Waals surface area contributed by atoms with Crippen LogP contribution in [0, 0.1) is 0 Å². The first-order valence-electron chi connectivity index (χ1n) is 10.7. The summed E-state index contributed by atoms with van der Waals surface area (Å²) in [6, 6.07) is 20.3. The van der Waals surface area contributed by atoms with Gasteiger partial charge in [-0.2, -0.15) is 4.98 Å². The van der Waals surface area contributed by atoms with Crippen LogP contribution in [0.3, 0.4) is 0 Å². The Balaban J connectivity index is 1.60. The third kappa shape index (κ3) is 3.92. The number of hydrogen-bond acceptors (Lipinski definition) is 4. The molecule has 5 aromatic rings. The Labute approximate surface area is 202 Å². The highest BCUT2D eigenvalue weighted by Gasteiger charge is 2.18.